The number of halogens is 1. The summed E-state index contributed by atoms with van der Waals surface area (Å²) in [5.74, 6) is 0.881. The van der Waals surface area contributed by atoms with Crippen LogP contribution in [0.4, 0.5) is 0 Å². The molecule has 2 heterocycles. The summed E-state index contributed by atoms with van der Waals surface area (Å²) >= 11 is 0. The van der Waals surface area contributed by atoms with Gasteiger partial charge in [0.1, 0.15) is 5.75 Å². The number of nitrogens with zero attached hydrogens (tertiary/aromatic N) is 1. The first-order chi connectivity index (χ1) is 10.2. The number of ether oxygens (including phenoxy) is 1. The topological polar surface area (TPSA) is 37.9 Å². The summed E-state index contributed by atoms with van der Waals surface area (Å²) < 4.78 is 5.37. The summed E-state index contributed by atoms with van der Waals surface area (Å²) in [7, 11) is 1.70. The van der Waals surface area contributed by atoms with Crippen LogP contribution in [0.25, 0.3) is 32.6 Å². The van der Waals surface area contributed by atoms with Crippen molar-refractivity contribution in [2.75, 3.05) is 7.11 Å². The fourth-order valence-corrected chi connectivity index (χ4v) is 3.26. The van der Waals surface area contributed by atoms with E-state index in [1.54, 1.807) is 7.11 Å². The molecule has 0 saturated carbocycles. The van der Waals surface area contributed by atoms with E-state index in [9.17, 15) is 0 Å². The second kappa shape index (κ2) is 5.18. The van der Waals surface area contributed by atoms with E-state index in [2.05, 4.69) is 42.0 Å². The van der Waals surface area contributed by atoms with Gasteiger partial charge in [-0.15, -0.1) is 12.4 Å². The molecule has 112 valence electrons. The number of rotatable bonds is 1. The number of aromatic amines is 1. The van der Waals surface area contributed by atoms with E-state index in [1.807, 2.05) is 18.5 Å². The minimum Gasteiger partial charge on any atom is -0.497 e. The maximum absolute atomic E-state index is 5.37. The van der Waals surface area contributed by atoms with Crippen molar-refractivity contribution < 1.29 is 4.74 Å². The van der Waals surface area contributed by atoms with Gasteiger partial charge in [-0.05, 0) is 54.6 Å². The third-order valence-corrected chi connectivity index (χ3v) is 4.38. The lowest BCUT2D eigenvalue weighted by Crippen LogP contribution is -1.87. The molecular weight excluding hydrogens is 296 g/mol. The molecule has 1 N–H and O–H groups in total. The molecule has 0 radical (unpaired) electrons. The van der Waals surface area contributed by atoms with Gasteiger partial charge in [0.15, 0.2) is 0 Å². The number of nitrogens with one attached hydrogen (secondary N) is 1. The first-order valence-corrected chi connectivity index (χ1v) is 7.03. The predicted octanol–water partition coefficient (Wildman–Crippen LogP) is 4.92. The third kappa shape index (κ3) is 1.86. The fourth-order valence-electron chi connectivity index (χ4n) is 3.26. The molecule has 0 aliphatic heterocycles. The lowest BCUT2D eigenvalue weighted by Gasteiger charge is -2.08. The zero-order chi connectivity index (χ0) is 14.6. The molecule has 4 rings (SSSR count). The highest BCUT2D eigenvalue weighted by atomic mass is 35.5. The Morgan fingerprint density at radius 2 is 1.82 bits per heavy atom. The number of benzene rings is 2. The van der Waals surface area contributed by atoms with E-state index in [0.29, 0.717) is 0 Å². The Morgan fingerprint density at radius 3 is 2.59 bits per heavy atom. The van der Waals surface area contributed by atoms with E-state index in [1.165, 1.54) is 38.2 Å². The molecule has 0 spiro atoms. The van der Waals surface area contributed by atoms with Gasteiger partial charge in [-0.3, -0.25) is 4.98 Å². The van der Waals surface area contributed by atoms with Crippen molar-refractivity contribution in [3.8, 4) is 5.75 Å². The minimum atomic E-state index is 0. The van der Waals surface area contributed by atoms with Crippen LogP contribution in [-0.4, -0.2) is 17.1 Å². The van der Waals surface area contributed by atoms with E-state index in [0.717, 1.165) is 11.3 Å². The highest BCUT2D eigenvalue weighted by molar-refractivity contribution is 6.16. The Balaban J connectivity index is 0.00000144. The van der Waals surface area contributed by atoms with Crippen molar-refractivity contribution in [3.05, 3.63) is 47.8 Å². The zero-order valence-corrected chi connectivity index (χ0v) is 13.5. The second-order valence-electron chi connectivity index (χ2n) is 5.46. The van der Waals surface area contributed by atoms with Crippen LogP contribution in [0.2, 0.25) is 0 Å². The quantitative estimate of drug-likeness (QED) is 0.542. The van der Waals surface area contributed by atoms with Crippen LogP contribution in [0.1, 0.15) is 11.1 Å². The summed E-state index contributed by atoms with van der Waals surface area (Å²) in [5, 5.41) is 4.94. The number of methoxy groups -OCH3 is 1. The van der Waals surface area contributed by atoms with E-state index in [-0.39, 0.29) is 12.4 Å². The monoisotopic (exact) mass is 312 g/mol. The summed E-state index contributed by atoms with van der Waals surface area (Å²) in [6.45, 7) is 4.33. The maximum atomic E-state index is 5.37. The lowest BCUT2D eigenvalue weighted by atomic mass is 9.97. The van der Waals surface area contributed by atoms with Crippen molar-refractivity contribution in [1.29, 1.82) is 0 Å². The lowest BCUT2D eigenvalue weighted by molar-refractivity contribution is 0.415. The molecule has 22 heavy (non-hydrogen) atoms. The number of H-pyrrole nitrogens is 1. The van der Waals surface area contributed by atoms with Gasteiger partial charge in [-0.1, -0.05) is 0 Å². The predicted molar refractivity (Wildman–Crippen MR) is 94.4 cm³/mol. The van der Waals surface area contributed by atoms with Crippen LogP contribution in [-0.2, 0) is 0 Å². The van der Waals surface area contributed by atoms with Crippen molar-refractivity contribution in [3.63, 3.8) is 0 Å². The molecule has 2 aromatic carbocycles. The molecule has 4 aromatic rings. The number of fused-ring (bicyclic) bond motifs is 4. The van der Waals surface area contributed by atoms with Gasteiger partial charge in [0.05, 0.1) is 12.6 Å². The van der Waals surface area contributed by atoms with Crippen LogP contribution in [0.5, 0.6) is 5.75 Å². The van der Waals surface area contributed by atoms with Crippen molar-refractivity contribution in [2.45, 2.75) is 13.8 Å². The van der Waals surface area contributed by atoms with Crippen molar-refractivity contribution >= 4 is 45.0 Å². The summed E-state index contributed by atoms with van der Waals surface area (Å²) in [6.07, 6.45) is 3.81. The van der Waals surface area contributed by atoms with Crippen LogP contribution in [0.3, 0.4) is 0 Å². The second-order valence-corrected chi connectivity index (χ2v) is 5.46. The Labute approximate surface area is 134 Å². The molecule has 4 heteroatoms. The molecular formula is C18H17ClN2O. The first kappa shape index (κ1) is 14.7. The molecule has 0 bridgehead atoms. The number of aryl methyl sites for hydroxylation is 2. The van der Waals surface area contributed by atoms with Crippen LogP contribution < -0.4 is 4.74 Å². The molecule has 0 amide bonds. The highest BCUT2D eigenvalue weighted by Gasteiger charge is 2.14. The molecule has 3 nitrogen and oxygen atoms in total. The maximum Gasteiger partial charge on any atom is 0.119 e. The van der Waals surface area contributed by atoms with E-state index >= 15 is 0 Å². The van der Waals surface area contributed by atoms with Gasteiger partial charge in [-0.2, -0.15) is 0 Å². The Morgan fingerprint density at radius 1 is 1.00 bits per heavy atom. The molecule has 0 atom stereocenters. The SMILES string of the molecule is COc1ccc2[nH]c3c(C)c4ccncc4c(C)c3c2c1.Cl. The number of pyridine rings is 1. The summed E-state index contributed by atoms with van der Waals surface area (Å²) in [6, 6.07) is 8.26. The third-order valence-electron chi connectivity index (χ3n) is 4.38. The normalized spacial score (nSPS) is 11.0. The fraction of sp³-hybridized carbons (Fsp3) is 0.167. The Kier molecular flexibility index (Phi) is 3.45. The average Bonchev–Trinajstić information content (AvgIpc) is 2.91. The largest absolute Gasteiger partial charge is 0.497 e. The van der Waals surface area contributed by atoms with Crippen molar-refractivity contribution in [1.82, 2.24) is 9.97 Å². The molecule has 0 fully saturated rings. The number of hydrogen-bond donors (Lipinski definition) is 1. The first-order valence-electron chi connectivity index (χ1n) is 7.03. The Bertz CT molecular complexity index is 1000. The zero-order valence-electron chi connectivity index (χ0n) is 12.7. The van der Waals surface area contributed by atoms with Gasteiger partial charge in [0.2, 0.25) is 0 Å². The van der Waals surface area contributed by atoms with Crippen LogP contribution >= 0.6 is 12.4 Å². The molecule has 0 unspecified atom stereocenters. The highest BCUT2D eigenvalue weighted by Crippen LogP contribution is 2.37. The standard InChI is InChI=1S/C18H16N2O.ClH/c1-10-15-9-19-7-6-13(15)11(2)18-17(10)14-8-12(21-3)4-5-16(14)20-18;/h4-9,20H,1-3H3;1H. The van der Waals surface area contributed by atoms with Gasteiger partial charge >= 0.3 is 0 Å². The minimum absolute atomic E-state index is 0. The molecule has 0 aliphatic carbocycles. The van der Waals surface area contributed by atoms with Crippen LogP contribution in [0, 0.1) is 13.8 Å². The van der Waals surface area contributed by atoms with Gasteiger partial charge in [0.25, 0.3) is 0 Å². The van der Waals surface area contributed by atoms with Gasteiger partial charge in [-0.25, -0.2) is 0 Å². The smallest absolute Gasteiger partial charge is 0.119 e. The summed E-state index contributed by atoms with van der Waals surface area (Å²) in [5.41, 5.74) is 4.87. The summed E-state index contributed by atoms with van der Waals surface area (Å²) in [4.78, 5) is 7.84. The van der Waals surface area contributed by atoms with Crippen LogP contribution in [0.15, 0.2) is 36.7 Å². The number of aromatic nitrogens is 2. The van der Waals surface area contributed by atoms with Crippen molar-refractivity contribution in [2.24, 2.45) is 0 Å². The van der Waals surface area contributed by atoms with E-state index in [4.69, 9.17) is 4.74 Å². The number of hydrogen-bond acceptors (Lipinski definition) is 2. The molecule has 0 aliphatic rings. The Hall–Kier alpha value is -2.26. The van der Waals surface area contributed by atoms with Gasteiger partial charge in [0, 0.05) is 34.1 Å². The molecule has 2 aromatic heterocycles. The van der Waals surface area contributed by atoms with Gasteiger partial charge < -0.3 is 9.72 Å². The van der Waals surface area contributed by atoms with E-state index < -0.39 is 0 Å². The average molecular weight is 313 g/mol. The molecule has 0 saturated heterocycles.